The zero-order chi connectivity index (χ0) is 22.9. The molecule has 32 heavy (non-hydrogen) atoms. The van der Waals surface area contributed by atoms with Gasteiger partial charge in [-0.15, -0.1) is 11.3 Å². The molecule has 170 valence electrons. The molecule has 4 rings (SSSR count). The highest BCUT2D eigenvalue weighted by Gasteiger charge is 2.34. The minimum atomic E-state index is -3.66. The van der Waals surface area contributed by atoms with Crippen molar-refractivity contribution in [3.05, 3.63) is 58.3 Å². The SMILES string of the molecule is C=CC(=O)NC1CCN(S(=O)(=O)c2ccc(NC(=O)c3cc4c(s3)CCC4)cc2)CC1C. The van der Waals surface area contributed by atoms with E-state index < -0.39 is 10.0 Å². The van der Waals surface area contributed by atoms with Crippen LogP contribution in [0.1, 0.15) is 39.9 Å². The fraction of sp³-hybridized carbons (Fsp3) is 0.391. The van der Waals surface area contributed by atoms with E-state index >= 15 is 0 Å². The number of hydrogen-bond acceptors (Lipinski definition) is 5. The molecule has 0 bridgehead atoms. The average molecular weight is 474 g/mol. The Bertz CT molecular complexity index is 1120. The Labute approximate surface area is 192 Å². The minimum absolute atomic E-state index is 0.0200. The van der Waals surface area contributed by atoms with Crippen LogP contribution in [0.3, 0.4) is 0 Å². The van der Waals surface area contributed by atoms with Crippen LogP contribution < -0.4 is 10.6 Å². The van der Waals surface area contributed by atoms with E-state index in [2.05, 4.69) is 17.2 Å². The van der Waals surface area contributed by atoms with Crippen LogP contribution in [0.15, 0.2) is 47.9 Å². The van der Waals surface area contributed by atoms with Crippen LogP contribution in [0.5, 0.6) is 0 Å². The number of nitrogens with zero attached hydrogens (tertiary/aromatic N) is 1. The molecule has 0 saturated carbocycles. The van der Waals surface area contributed by atoms with E-state index in [1.54, 1.807) is 12.1 Å². The number of carbonyl (C=O) groups excluding carboxylic acids is 2. The number of hydrogen-bond donors (Lipinski definition) is 2. The molecule has 2 amide bonds. The molecule has 2 heterocycles. The van der Waals surface area contributed by atoms with Crippen molar-refractivity contribution in [3.63, 3.8) is 0 Å². The summed E-state index contributed by atoms with van der Waals surface area (Å²) < 4.78 is 27.6. The predicted octanol–water partition coefficient (Wildman–Crippen LogP) is 3.19. The Balaban J connectivity index is 1.40. The first kappa shape index (κ1) is 22.7. The molecule has 2 aliphatic rings. The second-order valence-electron chi connectivity index (χ2n) is 8.34. The van der Waals surface area contributed by atoms with Crippen LogP contribution in [-0.2, 0) is 27.7 Å². The van der Waals surface area contributed by atoms with Crippen LogP contribution in [-0.4, -0.2) is 43.7 Å². The molecular formula is C23H27N3O4S2. The molecule has 1 saturated heterocycles. The molecular weight excluding hydrogens is 446 g/mol. The number of carbonyl (C=O) groups is 2. The zero-order valence-electron chi connectivity index (χ0n) is 18.0. The van der Waals surface area contributed by atoms with Gasteiger partial charge < -0.3 is 10.6 Å². The quantitative estimate of drug-likeness (QED) is 0.630. The van der Waals surface area contributed by atoms with Gasteiger partial charge in [-0.2, -0.15) is 4.31 Å². The lowest BCUT2D eigenvalue weighted by Crippen LogP contribution is -2.51. The fourth-order valence-corrected chi connectivity index (χ4v) is 6.98. The summed E-state index contributed by atoms with van der Waals surface area (Å²) in [4.78, 5) is 26.3. The molecule has 1 aliphatic carbocycles. The molecule has 1 aliphatic heterocycles. The van der Waals surface area contributed by atoms with Crippen LogP contribution in [0.25, 0.3) is 0 Å². The molecule has 0 spiro atoms. The summed E-state index contributed by atoms with van der Waals surface area (Å²) in [5.74, 6) is -0.436. The van der Waals surface area contributed by atoms with Crippen molar-refractivity contribution in [1.29, 1.82) is 0 Å². The highest BCUT2D eigenvalue weighted by molar-refractivity contribution is 7.89. The maximum atomic E-state index is 13.1. The maximum Gasteiger partial charge on any atom is 0.265 e. The molecule has 2 atom stereocenters. The first-order chi connectivity index (χ1) is 15.3. The van der Waals surface area contributed by atoms with Crippen molar-refractivity contribution in [2.45, 2.75) is 43.5 Å². The van der Waals surface area contributed by atoms with Crippen molar-refractivity contribution in [2.75, 3.05) is 18.4 Å². The van der Waals surface area contributed by atoms with E-state index in [1.165, 1.54) is 44.3 Å². The van der Waals surface area contributed by atoms with Gasteiger partial charge >= 0.3 is 0 Å². The standard InChI is InChI=1S/C23H27N3O4S2/c1-3-22(27)25-19-11-12-26(14-15(19)2)32(29,30)18-9-7-17(8-10-18)24-23(28)21-13-16-5-4-6-20(16)31-21/h3,7-10,13,15,19H,1,4-6,11-12,14H2,2H3,(H,24,28)(H,25,27). The van der Waals surface area contributed by atoms with Gasteiger partial charge in [0.2, 0.25) is 15.9 Å². The smallest absolute Gasteiger partial charge is 0.265 e. The van der Waals surface area contributed by atoms with Gasteiger partial charge in [-0.05, 0) is 73.6 Å². The summed E-state index contributed by atoms with van der Waals surface area (Å²) in [5, 5.41) is 5.72. The summed E-state index contributed by atoms with van der Waals surface area (Å²) in [6.07, 6.45) is 4.98. The zero-order valence-corrected chi connectivity index (χ0v) is 19.6. The van der Waals surface area contributed by atoms with Gasteiger partial charge in [0.15, 0.2) is 0 Å². The van der Waals surface area contributed by atoms with Gasteiger partial charge in [-0.1, -0.05) is 13.5 Å². The third-order valence-corrected chi connectivity index (χ3v) is 9.22. The number of amides is 2. The Kier molecular flexibility index (Phi) is 6.50. The highest BCUT2D eigenvalue weighted by Crippen LogP contribution is 2.31. The molecule has 2 unspecified atom stereocenters. The first-order valence-electron chi connectivity index (χ1n) is 10.7. The summed E-state index contributed by atoms with van der Waals surface area (Å²) in [5.41, 5.74) is 1.82. The minimum Gasteiger partial charge on any atom is -0.349 e. The van der Waals surface area contributed by atoms with Gasteiger partial charge in [-0.25, -0.2) is 8.42 Å². The van der Waals surface area contributed by atoms with Gasteiger partial charge in [0.1, 0.15) is 0 Å². The molecule has 9 heteroatoms. The van der Waals surface area contributed by atoms with E-state index in [-0.39, 0.29) is 28.7 Å². The molecule has 1 aromatic carbocycles. The predicted molar refractivity (Wildman–Crippen MR) is 125 cm³/mol. The van der Waals surface area contributed by atoms with Crippen molar-refractivity contribution in [3.8, 4) is 0 Å². The van der Waals surface area contributed by atoms with Crippen molar-refractivity contribution in [2.24, 2.45) is 5.92 Å². The monoisotopic (exact) mass is 473 g/mol. The van der Waals surface area contributed by atoms with E-state index in [9.17, 15) is 18.0 Å². The Morgan fingerprint density at radius 3 is 2.62 bits per heavy atom. The highest BCUT2D eigenvalue weighted by atomic mass is 32.2. The van der Waals surface area contributed by atoms with Gasteiger partial charge in [0.05, 0.1) is 9.77 Å². The number of benzene rings is 1. The third kappa shape index (κ3) is 4.65. The largest absolute Gasteiger partial charge is 0.349 e. The molecule has 1 aromatic heterocycles. The number of rotatable bonds is 6. The molecule has 2 aromatic rings. The van der Waals surface area contributed by atoms with Crippen LogP contribution in [0, 0.1) is 5.92 Å². The van der Waals surface area contributed by atoms with Gasteiger partial charge in [-0.3, -0.25) is 9.59 Å². The molecule has 7 nitrogen and oxygen atoms in total. The summed E-state index contributed by atoms with van der Waals surface area (Å²) in [6.45, 7) is 6.03. The summed E-state index contributed by atoms with van der Waals surface area (Å²) in [7, 11) is -3.66. The maximum absolute atomic E-state index is 13.1. The van der Waals surface area contributed by atoms with E-state index in [0.717, 1.165) is 19.3 Å². The lowest BCUT2D eigenvalue weighted by atomic mass is 9.95. The average Bonchev–Trinajstić information content (AvgIpc) is 3.38. The molecule has 0 radical (unpaired) electrons. The number of thiophene rings is 1. The van der Waals surface area contributed by atoms with E-state index in [1.807, 2.05) is 13.0 Å². The van der Waals surface area contributed by atoms with Crippen molar-refractivity contribution in [1.82, 2.24) is 9.62 Å². The Morgan fingerprint density at radius 1 is 1.22 bits per heavy atom. The Morgan fingerprint density at radius 2 is 1.97 bits per heavy atom. The number of aryl methyl sites for hydroxylation is 2. The number of nitrogens with one attached hydrogen (secondary N) is 2. The molecule has 2 N–H and O–H groups in total. The van der Waals surface area contributed by atoms with Crippen LogP contribution >= 0.6 is 11.3 Å². The topological polar surface area (TPSA) is 95.6 Å². The summed E-state index contributed by atoms with van der Waals surface area (Å²) in [6, 6.07) is 8.16. The van der Waals surface area contributed by atoms with Gasteiger partial charge in [0, 0.05) is 29.7 Å². The van der Waals surface area contributed by atoms with Crippen LogP contribution in [0.4, 0.5) is 5.69 Å². The van der Waals surface area contributed by atoms with E-state index in [4.69, 9.17) is 0 Å². The fourth-order valence-electron chi connectivity index (χ4n) is 4.27. The number of anilines is 1. The van der Waals surface area contributed by atoms with Crippen molar-refractivity contribution < 1.29 is 18.0 Å². The van der Waals surface area contributed by atoms with Crippen molar-refractivity contribution >= 4 is 38.9 Å². The normalized spacial score (nSPS) is 21.0. The summed E-state index contributed by atoms with van der Waals surface area (Å²) >= 11 is 1.53. The Hall–Kier alpha value is -2.49. The van der Waals surface area contributed by atoms with E-state index in [0.29, 0.717) is 30.1 Å². The lowest BCUT2D eigenvalue weighted by molar-refractivity contribution is -0.117. The third-order valence-electron chi connectivity index (χ3n) is 6.10. The van der Waals surface area contributed by atoms with Crippen LogP contribution in [0.2, 0.25) is 0 Å². The number of sulfonamides is 1. The van der Waals surface area contributed by atoms with Gasteiger partial charge in [0.25, 0.3) is 5.91 Å². The number of fused-ring (bicyclic) bond motifs is 1. The molecule has 1 fully saturated rings. The lowest BCUT2D eigenvalue weighted by Gasteiger charge is -2.36. The second-order valence-corrected chi connectivity index (χ2v) is 11.4. The first-order valence-corrected chi connectivity index (χ1v) is 13.0. The number of piperidine rings is 1. The second kappa shape index (κ2) is 9.17.